The van der Waals surface area contributed by atoms with Crippen LogP contribution in [0.25, 0.3) is 21.7 Å². The number of H-pyrrole nitrogens is 1. The van der Waals surface area contributed by atoms with E-state index in [9.17, 15) is 53.7 Å². The molecule has 89 heavy (non-hydrogen) atoms. The van der Waals surface area contributed by atoms with Crippen molar-refractivity contribution in [1.29, 1.82) is 0 Å². The predicted molar refractivity (Wildman–Crippen MR) is 345 cm³/mol. The summed E-state index contributed by atoms with van der Waals surface area (Å²) in [5.41, 5.74) is 16.2. The molecule has 0 spiro atoms. The Morgan fingerprint density at radius 1 is 0.697 bits per heavy atom. The molecule has 1 saturated heterocycles. The summed E-state index contributed by atoms with van der Waals surface area (Å²) in [6, 6.07) is 26.9. The first-order valence-electron chi connectivity index (χ1n) is 29.5. The number of unbranched alkanes of at least 4 members (excludes halogenated alkanes) is 1. The lowest BCUT2D eigenvalue weighted by molar-refractivity contribution is -0.136. The van der Waals surface area contributed by atoms with Gasteiger partial charge in [-0.3, -0.25) is 38.4 Å². The average molecular weight is 1260 g/mol. The molecule has 23 nitrogen and oxygen atoms in total. The number of fused-ring (bicyclic) bond motifs is 2. The van der Waals surface area contributed by atoms with Crippen molar-refractivity contribution in [2.75, 3.05) is 38.3 Å². The highest BCUT2D eigenvalue weighted by molar-refractivity contribution is 8.76. The van der Waals surface area contributed by atoms with Gasteiger partial charge in [0.15, 0.2) is 0 Å². The molecule has 1 unspecified atom stereocenters. The Kier molecular flexibility index (Phi) is 28.2. The molecule has 16 N–H and O–H groups in total. The van der Waals surface area contributed by atoms with E-state index in [1.165, 1.54) is 37.1 Å². The minimum absolute atomic E-state index is 0.00724. The number of amides is 8. The number of carbonyl (C=O) groups is 8. The summed E-state index contributed by atoms with van der Waals surface area (Å²) in [6.45, 7) is 4.42. The van der Waals surface area contributed by atoms with E-state index in [-0.39, 0.29) is 49.6 Å². The van der Waals surface area contributed by atoms with Gasteiger partial charge in [0.2, 0.25) is 47.3 Å². The maximum atomic E-state index is 14.7. The van der Waals surface area contributed by atoms with Gasteiger partial charge in [0, 0.05) is 54.9 Å². The second-order valence-electron chi connectivity index (χ2n) is 21.7. The second kappa shape index (κ2) is 35.8. The third-order valence-electron chi connectivity index (χ3n) is 14.8. The molecule has 0 bridgehead atoms. The number of rotatable bonds is 21. The lowest BCUT2D eigenvalue weighted by Crippen LogP contribution is -2.62. The van der Waals surface area contributed by atoms with E-state index < -0.39 is 108 Å². The number of hydrogen-bond acceptors (Lipinski definition) is 16. The lowest BCUT2D eigenvalue weighted by atomic mass is 10.0. The van der Waals surface area contributed by atoms with Gasteiger partial charge in [-0.2, -0.15) is 0 Å². The van der Waals surface area contributed by atoms with Gasteiger partial charge in [0.05, 0.1) is 38.0 Å². The minimum atomic E-state index is -1.66. The highest BCUT2D eigenvalue weighted by Gasteiger charge is 2.36. The second-order valence-corrected chi connectivity index (χ2v) is 24.3. The Bertz CT molecular complexity index is 3300. The molecule has 6 aromatic rings. The molecule has 1 aliphatic heterocycles. The first-order chi connectivity index (χ1) is 42.8. The predicted octanol–water partition coefficient (Wildman–Crippen LogP) is 1.72. The fourth-order valence-corrected chi connectivity index (χ4v) is 12.1. The maximum Gasteiger partial charge on any atom is 0.245 e. The standard InChI is InChI=1S/C49H66N10O10S2.C15H17NO2/c1-28(61)39(25-60)56-48(68)41-27-71-70-26-40(57-43(63)34(51)21-30-13-5-3-6-14-30)47(67)54-37(22-31-15-7-4-8-16-31)45(65)55-38(23-32-24-52-35-18-10-9-17-33(32)35)46(66)53-36(19-11-12-20-50)44(64)59-42(29(2)62)49(69)58-41;1-11(17)16-9-8-13-5-3-4-12-6-7-14(18-2)10-15(12)13/h3-10,13-18,24,28-29,34,36-42,52,60-62H,11-12,19-23,25-27,50-51H2,1-2H3,(H,53,66)(H,54,67)(H,55,65)(H,56,68)(H,57,63)(H,58,69)(H,59,64);3-7,10H,8-9H2,1-2H3,(H,16,17)/t28-,29?,34-,36+,37+,38-,39-,40+,41+,42+;/m1./s1. The van der Waals surface area contributed by atoms with E-state index in [4.69, 9.17) is 16.2 Å². The van der Waals surface area contributed by atoms with Crippen molar-refractivity contribution in [3.8, 4) is 5.75 Å². The first-order valence-corrected chi connectivity index (χ1v) is 32.0. The number of aromatic nitrogens is 1. The average Bonchev–Trinajstić information content (AvgIpc) is 2.32. The molecule has 0 aliphatic carbocycles. The summed E-state index contributed by atoms with van der Waals surface area (Å²) in [5, 5.41) is 55.7. The Balaban J connectivity index is 0.000000595. The van der Waals surface area contributed by atoms with Crippen molar-refractivity contribution in [3.05, 3.63) is 150 Å². The summed E-state index contributed by atoms with van der Waals surface area (Å²) in [7, 11) is 3.73. The zero-order valence-corrected chi connectivity index (χ0v) is 52.0. The van der Waals surface area contributed by atoms with Gasteiger partial charge in [-0.1, -0.05) is 125 Å². The molecule has 0 saturated carbocycles. The van der Waals surface area contributed by atoms with Crippen LogP contribution in [0.2, 0.25) is 0 Å². The molecule has 25 heteroatoms. The Hall–Kier alpha value is -8.04. The number of nitrogens with one attached hydrogen (secondary N) is 9. The lowest BCUT2D eigenvalue weighted by Gasteiger charge is -2.29. The monoisotopic (exact) mass is 1260 g/mol. The van der Waals surface area contributed by atoms with E-state index in [0.717, 1.165) is 50.2 Å². The van der Waals surface area contributed by atoms with Gasteiger partial charge < -0.3 is 79.0 Å². The zero-order chi connectivity index (χ0) is 64.4. The number of aromatic amines is 1. The molecule has 8 amide bonds. The largest absolute Gasteiger partial charge is 0.497 e. The molecular weight excluding hydrogens is 1180 g/mol. The van der Waals surface area contributed by atoms with E-state index in [1.54, 1.807) is 67.9 Å². The first kappa shape index (κ1) is 70.1. The van der Waals surface area contributed by atoms with E-state index in [1.807, 2.05) is 48.5 Å². The Labute approximate surface area is 525 Å². The van der Waals surface area contributed by atoms with Crippen LogP contribution in [-0.4, -0.2) is 166 Å². The number of para-hydroxylation sites is 1. The third kappa shape index (κ3) is 21.9. The molecular formula is C64H83N11O12S2. The molecule has 10 atom stereocenters. The number of nitrogens with two attached hydrogens (primary N) is 2. The zero-order valence-electron chi connectivity index (χ0n) is 50.4. The van der Waals surface area contributed by atoms with Crippen LogP contribution in [0.15, 0.2) is 128 Å². The molecule has 1 aliphatic rings. The number of ether oxygens (including phenoxy) is 1. The molecule has 5 aromatic carbocycles. The van der Waals surface area contributed by atoms with Crippen LogP contribution in [-0.2, 0) is 64.0 Å². The SMILES string of the molecule is CC(O)[C@@H]1NC(=O)[C@H](CCCCN)NC(=O)[C@@H](Cc2c[nH]c3ccccc23)NC(=O)[C@H](Cc2ccccc2)NC(=O)[C@@H](NC(=O)[C@H](N)Cc2ccccc2)CSSC[C@@H](C(=O)N[C@H](CO)[C@@H](C)O)NC1=O.COc1ccc2cccc(CCNC(C)=O)c2c1. The van der Waals surface area contributed by atoms with Gasteiger partial charge in [0.1, 0.15) is 42.0 Å². The summed E-state index contributed by atoms with van der Waals surface area (Å²) in [4.78, 5) is 114. The number of carbonyl (C=O) groups excluding carboxylic acids is 8. The fraction of sp³-hybridized carbons (Fsp3) is 0.406. The summed E-state index contributed by atoms with van der Waals surface area (Å²) < 4.78 is 5.25. The maximum absolute atomic E-state index is 14.7. The molecule has 7 rings (SSSR count). The van der Waals surface area contributed by atoms with Crippen LogP contribution in [0.4, 0.5) is 0 Å². The number of hydrogen-bond donors (Lipinski definition) is 14. The van der Waals surface area contributed by atoms with Crippen molar-refractivity contribution < 1.29 is 58.4 Å². The molecule has 1 fully saturated rings. The molecule has 2 heterocycles. The quantitative estimate of drug-likeness (QED) is 0.0360. The summed E-state index contributed by atoms with van der Waals surface area (Å²) >= 11 is 0. The summed E-state index contributed by atoms with van der Waals surface area (Å²) in [5.74, 6) is -5.15. The number of aliphatic hydroxyl groups is 3. The van der Waals surface area contributed by atoms with Gasteiger partial charge in [0.25, 0.3) is 0 Å². The van der Waals surface area contributed by atoms with Crippen LogP contribution in [0, 0.1) is 0 Å². The highest BCUT2D eigenvalue weighted by atomic mass is 33.1. The summed E-state index contributed by atoms with van der Waals surface area (Å²) in [6.07, 6.45) is 0.667. The topological polar surface area (TPSA) is 371 Å². The Morgan fingerprint density at radius 3 is 2.00 bits per heavy atom. The van der Waals surface area contributed by atoms with Crippen LogP contribution in [0.1, 0.15) is 62.3 Å². The van der Waals surface area contributed by atoms with Gasteiger partial charge in [-0.05, 0) is 104 Å². The van der Waals surface area contributed by atoms with Crippen LogP contribution in [0.3, 0.4) is 0 Å². The van der Waals surface area contributed by atoms with E-state index in [2.05, 4.69) is 65.7 Å². The minimum Gasteiger partial charge on any atom is -0.497 e. The van der Waals surface area contributed by atoms with Crippen molar-refractivity contribution in [3.63, 3.8) is 0 Å². The van der Waals surface area contributed by atoms with Gasteiger partial charge >= 0.3 is 0 Å². The van der Waals surface area contributed by atoms with Gasteiger partial charge in [-0.15, -0.1) is 0 Å². The van der Waals surface area contributed by atoms with Crippen LogP contribution >= 0.6 is 21.6 Å². The number of methoxy groups -OCH3 is 1. The molecule has 478 valence electrons. The number of benzene rings is 5. The Morgan fingerprint density at radius 2 is 1.34 bits per heavy atom. The number of aliphatic hydroxyl groups excluding tert-OH is 3. The van der Waals surface area contributed by atoms with Crippen molar-refractivity contribution in [1.82, 2.24) is 47.5 Å². The van der Waals surface area contributed by atoms with Crippen molar-refractivity contribution in [2.45, 2.75) is 126 Å². The van der Waals surface area contributed by atoms with Gasteiger partial charge in [-0.25, -0.2) is 0 Å². The van der Waals surface area contributed by atoms with Crippen LogP contribution in [0.5, 0.6) is 5.75 Å². The molecule has 1 aromatic heterocycles. The van der Waals surface area contributed by atoms with Crippen molar-refractivity contribution in [2.24, 2.45) is 11.5 Å². The highest BCUT2D eigenvalue weighted by Crippen LogP contribution is 2.26. The van der Waals surface area contributed by atoms with E-state index >= 15 is 0 Å². The smallest absolute Gasteiger partial charge is 0.245 e. The van der Waals surface area contributed by atoms with Crippen LogP contribution < -0.4 is 58.7 Å². The third-order valence-corrected chi connectivity index (χ3v) is 17.2. The molecule has 0 radical (unpaired) electrons. The fourth-order valence-electron chi connectivity index (χ4n) is 9.76. The van der Waals surface area contributed by atoms with Crippen molar-refractivity contribution >= 4 is 90.5 Å². The van der Waals surface area contributed by atoms with E-state index in [0.29, 0.717) is 30.5 Å². The normalized spacial score (nSPS) is 20.3.